The van der Waals surface area contributed by atoms with Crippen LogP contribution in [0.15, 0.2) is 28.7 Å². The Hall–Kier alpha value is -0.390. The first-order valence-electron chi connectivity index (χ1n) is 7.16. The second-order valence-electron chi connectivity index (χ2n) is 5.63. The normalized spacial score (nSPS) is 17.6. The van der Waals surface area contributed by atoms with Gasteiger partial charge in [-0.25, -0.2) is 12.7 Å². The zero-order valence-corrected chi connectivity index (χ0v) is 14.3. The van der Waals surface area contributed by atoms with Crippen molar-refractivity contribution in [2.45, 2.75) is 38.6 Å². The fourth-order valence-electron chi connectivity index (χ4n) is 2.74. The summed E-state index contributed by atoms with van der Waals surface area (Å²) < 4.78 is 27.3. The monoisotopic (exact) mass is 359 g/mol. The van der Waals surface area contributed by atoms with E-state index in [1.165, 1.54) is 23.6 Å². The standard InChI is InChI=1S/C15H22BrNO2S/c1-17(11-14-9-5-6-10-15(14)16)20(18,19)12-13-7-3-2-4-8-13/h5-6,9-10,13H,2-4,7-8,11-12H2,1H3. The molecule has 1 aliphatic rings. The van der Waals surface area contributed by atoms with E-state index in [1.807, 2.05) is 24.3 Å². The van der Waals surface area contributed by atoms with Crippen LogP contribution in [0.5, 0.6) is 0 Å². The summed E-state index contributed by atoms with van der Waals surface area (Å²) in [5.74, 6) is 0.643. The van der Waals surface area contributed by atoms with Gasteiger partial charge in [-0.1, -0.05) is 53.4 Å². The molecule has 0 heterocycles. The van der Waals surface area contributed by atoms with Gasteiger partial charge in [-0.3, -0.25) is 0 Å². The van der Waals surface area contributed by atoms with Crippen molar-refractivity contribution in [3.05, 3.63) is 34.3 Å². The number of rotatable bonds is 5. The molecule has 0 amide bonds. The van der Waals surface area contributed by atoms with E-state index in [9.17, 15) is 8.42 Å². The van der Waals surface area contributed by atoms with Crippen molar-refractivity contribution in [1.29, 1.82) is 0 Å². The van der Waals surface area contributed by atoms with Crippen molar-refractivity contribution < 1.29 is 8.42 Å². The zero-order chi connectivity index (χ0) is 14.6. The number of nitrogens with zero attached hydrogens (tertiary/aromatic N) is 1. The first kappa shape index (κ1) is 16.0. The fourth-order valence-corrected chi connectivity index (χ4v) is 4.67. The van der Waals surface area contributed by atoms with Gasteiger partial charge in [-0.05, 0) is 30.4 Å². The van der Waals surface area contributed by atoms with E-state index in [0.29, 0.717) is 18.2 Å². The highest BCUT2D eigenvalue weighted by atomic mass is 79.9. The van der Waals surface area contributed by atoms with Crippen LogP contribution in [0, 0.1) is 5.92 Å². The Kier molecular flexibility index (Phi) is 5.64. The molecule has 0 aliphatic heterocycles. The summed E-state index contributed by atoms with van der Waals surface area (Å²) in [4.78, 5) is 0. The lowest BCUT2D eigenvalue weighted by Crippen LogP contribution is -2.32. The molecule has 1 saturated carbocycles. The Balaban J connectivity index is 1.99. The molecule has 0 spiro atoms. The zero-order valence-electron chi connectivity index (χ0n) is 11.9. The van der Waals surface area contributed by atoms with Gasteiger partial charge in [0.15, 0.2) is 0 Å². The highest BCUT2D eigenvalue weighted by molar-refractivity contribution is 9.10. The molecule has 112 valence electrons. The van der Waals surface area contributed by atoms with Crippen molar-refractivity contribution in [2.24, 2.45) is 5.92 Å². The van der Waals surface area contributed by atoms with Crippen LogP contribution < -0.4 is 0 Å². The van der Waals surface area contributed by atoms with Gasteiger partial charge >= 0.3 is 0 Å². The minimum atomic E-state index is -3.16. The maximum atomic E-state index is 12.4. The van der Waals surface area contributed by atoms with Crippen molar-refractivity contribution in [3.63, 3.8) is 0 Å². The van der Waals surface area contributed by atoms with Crippen LogP contribution in [0.3, 0.4) is 0 Å². The molecular formula is C15H22BrNO2S. The molecular weight excluding hydrogens is 338 g/mol. The molecule has 1 aromatic carbocycles. The molecule has 1 aliphatic carbocycles. The topological polar surface area (TPSA) is 37.4 Å². The lowest BCUT2D eigenvalue weighted by Gasteiger charge is -2.25. The molecule has 5 heteroatoms. The van der Waals surface area contributed by atoms with Crippen LogP contribution in [0.2, 0.25) is 0 Å². The van der Waals surface area contributed by atoms with Gasteiger partial charge in [0.25, 0.3) is 0 Å². The first-order chi connectivity index (χ1) is 9.49. The SMILES string of the molecule is CN(Cc1ccccc1Br)S(=O)(=O)CC1CCCCC1. The highest BCUT2D eigenvalue weighted by Gasteiger charge is 2.25. The summed E-state index contributed by atoms with van der Waals surface area (Å²) in [5, 5.41) is 0. The van der Waals surface area contributed by atoms with Crippen LogP contribution in [0.25, 0.3) is 0 Å². The Morgan fingerprint density at radius 2 is 1.85 bits per heavy atom. The van der Waals surface area contributed by atoms with Crippen molar-refractivity contribution in [3.8, 4) is 0 Å². The highest BCUT2D eigenvalue weighted by Crippen LogP contribution is 2.26. The number of benzene rings is 1. The Morgan fingerprint density at radius 1 is 1.20 bits per heavy atom. The van der Waals surface area contributed by atoms with Gasteiger partial charge in [0.1, 0.15) is 0 Å². The summed E-state index contributed by atoms with van der Waals surface area (Å²) in [6.45, 7) is 0.427. The molecule has 0 bridgehead atoms. The minimum Gasteiger partial charge on any atom is -0.212 e. The lowest BCUT2D eigenvalue weighted by atomic mass is 9.91. The van der Waals surface area contributed by atoms with E-state index in [0.717, 1.165) is 22.9 Å². The van der Waals surface area contributed by atoms with Gasteiger partial charge in [-0.2, -0.15) is 0 Å². The minimum absolute atomic E-state index is 0.300. The van der Waals surface area contributed by atoms with Crippen LogP contribution in [-0.2, 0) is 16.6 Å². The third-order valence-electron chi connectivity index (χ3n) is 4.00. The van der Waals surface area contributed by atoms with Crippen molar-refractivity contribution in [2.75, 3.05) is 12.8 Å². The predicted molar refractivity (Wildman–Crippen MR) is 86.0 cm³/mol. The average Bonchev–Trinajstić information content (AvgIpc) is 2.42. The van der Waals surface area contributed by atoms with E-state index in [2.05, 4.69) is 15.9 Å². The molecule has 0 radical (unpaired) electrons. The molecule has 1 aromatic rings. The number of hydrogen-bond acceptors (Lipinski definition) is 2. The van der Waals surface area contributed by atoms with E-state index in [-0.39, 0.29) is 0 Å². The van der Waals surface area contributed by atoms with E-state index < -0.39 is 10.0 Å². The molecule has 1 fully saturated rings. The maximum absolute atomic E-state index is 12.4. The summed E-state index contributed by atoms with van der Waals surface area (Å²) in [6, 6.07) is 7.76. The molecule has 0 saturated heterocycles. The molecule has 0 atom stereocenters. The third-order valence-corrected chi connectivity index (χ3v) is 6.74. The maximum Gasteiger partial charge on any atom is 0.214 e. The van der Waals surface area contributed by atoms with E-state index in [1.54, 1.807) is 7.05 Å². The second kappa shape index (κ2) is 7.05. The van der Waals surface area contributed by atoms with Crippen LogP contribution >= 0.6 is 15.9 Å². The van der Waals surface area contributed by atoms with Gasteiger partial charge in [-0.15, -0.1) is 0 Å². The Morgan fingerprint density at radius 3 is 2.50 bits per heavy atom. The molecule has 2 rings (SSSR count). The molecule has 0 aromatic heterocycles. The molecule has 0 unspecified atom stereocenters. The molecule has 3 nitrogen and oxygen atoms in total. The van der Waals surface area contributed by atoms with E-state index >= 15 is 0 Å². The summed E-state index contributed by atoms with van der Waals surface area (Å²) in [5.41, 5.74) is 1.00. The van der Waals surface area contributed by atoms with Crippen LogP contribution in [0.1, 0.15) is 37.7 Å². The molecule has 0 N–H and O–H groups in total. The molecule has 20 heavy (non-hydrogen) atoms. The Labute approximate surface area is 130 Å². The average molecular weight is 360 g/mol. The van der Waals surface area contributed by atoms with Crippen molar-refractivity contribution >= 4 is 26.0 Å². The summed E-state index contributed by atoms with van der Waals surface area (Å²) in [7, 11) is -1.48. The first-order valence-corrected chi connectivity index (χ1v) is 9.56. The fraction of sp³-hybridized carbons (Fsp3) is 0.600. The van der Waals surface area contributed by atoms with Gasteiger partial charge in [0, 0.05) is 18.1 Å². The quantitative estimate of drug-likeness (QED) is 0.801. The second-order valence-corrected chi connectivity index (χ2v) is 8.60. The summed E-state index contributed by atoms with van der Waals surface area (Å²) >= 11 is 3.47. The van der Waals surface area contributed by atoms with Crippen molar-refractivity contribution in [1.82, 2.24) is 4.31 Å². The van der Waals surface area contributed by atoms with Gasteiger partial charge in [0.05, 0.1) is 5.75 Å². The van der Waals surface area contributed by atoms with Crippen LogP contribution in [-0.4, -0.2) is 25.5 Å². The summed E-state index contributed by atoms with van der Waals surface area (Å²) in [6.07, 6.45) is 5.72. The predicted octanol–water partition coefficient (Wildman–Crippen LogP) is 3.79. The third kappa shape index (κ3) is 4.30. The van der Waals surface area contributed by atoms with Gasteiger partial charge in [0.2, 0.25) is 10.0 Å². The van der Waals surface area contributed by atoms with E-state index in [4.69, 9.17) is 0 Å². The van der Waals surface area contributed by atoms with Crippen LogP contribution in [0.4, 0.5) is 0 Å². The van der Waals surface area contributed by atoms with Gasteiger partial charge < -0.3 is 0 Å². The number of halogens is 1. The smallest absolute Gasteiger partial charge is 0.212 e. The Bertz CT molecular complexity index is 539. The largest absolute Gasteiger partial charge is 0.214 e. The number of sulfonamides is 1. The number of hydrogen-bond donors (Lipinski definition) is 0. The lowest BCUT2D eigenvalue weighted by molar-refractivity contribution is 0.374.